The highest BCUT2D eigenvalue weighted by molar-refractivity contribution is 7.80. The fraction of sp³-hybridized carbons (Fsp3) is 0.750. The molecule has 80 valence electrons. The van der Waals surface area contributed by atoms with Gasteiger partial charge in [0.2, 0.25) is 0 Å². The molecule has 1 heterocycles. The summed E-state index contributed by atoms with van der Waals surface area (Å²) in [5.41, 5.74) is 0. The molecule has 0 aliphatic carbocycles. The third-order valence-electron chi connectivity index (χ3n) is 2.00. The second-order valence-corrected chi connectivity index (χ2v) is 15.8. The molecule has 6 heteroatoms. The minimum atomic E-state index is -1.44. The van der Waals surface area contributed by atoms with Crippen molar-refractivity contribution in [3.63, 3.8) is 0 Å². The number of nitrogens with zero attached hydrogens (tertiary/aromatic N) is 3. The van der Waals surface area contributed by atoms with Gasteiger partial charge >= 0.3 is 0 Å². The second kappa shape index (κ2) is 3.50. The van der Waals surface area contributed by atoms with Crippen LogP contribution >= 0.6 is 12.6 Å². The zero-order valence-electron chi connectivity index (χ0n) is 9.79. The largest absolute Gasteiger partial charge is 0.282 e. The number of hydrogen-bond acceptors (Lipinski definition) is 3. The molecule has 0 aromatic carbocycles. The minimum Gasteiger partial charge on any atom is -0.282 e. The van der Waals surface area contributed by atoms with Crippen molar-refractivity contribution in [2.75, 3.05) is 0 Å². The molecule has 14 heavy (non-hydrogen) atoms. The van der Waals surface area contributed by atoms with E-state index in [0.717, 1.165) is 5.03 Å². The average molecular weight is 245 g/mol. The lowest BCUT2D eigenvalue weighted by Gasteiger charge is -2.25. The predicted octanol–water partition coefficient (Wildman–Crippen LogP) is 1.79. The summed E-state index contributed by atoms with van der Waals surface area (Å²) in [5.74, 6) is 0. The zero-order valence-corrected chi connectivity index (χ0v) is 12.7. The van der Waals surface area contributed by atoms with E-state index in [-0.39, 0.29) is 0 Å². The quantitative estimate of drug-likeness (QED) is 0.636. The average Bonchev–Trinajstić information content (AvgIpc) is 2.27. The minimum absolute atomic E-state index is 0.826. The van der Waals surface area contributed by atoms with Crippen molar-refractivity contribution in [2.24, 2.45) is 0 Å². The Kier molecular flexibility index (Phi) is 3.00. The van der Waals surface area contributed by atoms with Gasteiger partial charge in [0.25, 0.3) is 0 Å². The predicted molar refractivity (Wildman–Crippen MR) is 69.0 cm³/mol. The first-order chi connectivity index (χ1) is 6.14. The molecule has 1 rings (SSSR count). The lowest BCUT2D eigenvalue weighted by molar-refractivity contribution is 0.838. The van der Waals surface area contributed by atoms with Gasteiger partial charge in [-0.25, -0.2) is 0 Å². The van der Waals surface area contributed by atoms with Crippen LogP contribution in [0.2, 0.25) is 39.3 Å². The van der Waals surface area contributed by atoms with Crippen molar-refractivity contribution in [1.29, 1.82) is 0 Å². The third kappa shape index (κ3) is 2.29. The van der Waals surface area contributed by atoms with E-state index in [1.165, 1.54) is 5.32 Å². The summed E-state index contributed by atoms with van der Waals surface area (Å²) < 4.78 is 2.15. The highest BCUT2D eigenvalue weighted by atomic mass is 32.1. The molecule has 0 saturated heterocycles. The molecule has 1 aromatic rings. The van der Waals surface area contributed by atoms with Crippen LogP contribution in [0.3, 0.4) is 0 Å². The Morgan fingerprint density at radius 3 is 1.86 bits per heavy atom. The molecule has 1 aromatic heterocycles. The van der Waals surface area contributed by atoms with Crippen LogP contribution in [0.1, 0.15) is 0 Å². The van der Waals surface area contributed by atoms with Gasteiger partial charge < -0.3 is 0 Å². The van der Waals surface area contributed by atoms with Gasteiger partial charge in [0.15, 0.2) is 8.24 Å². The fourth-order valence-corrected chi connectivity index (χ4v) is 7.13. The fourth-order valence-electron chi connectivity index (χ4n) is 1.40. The molecule has 0 aliphatic rings. The molecule has 0 aliphatic heterocycles. The number of rotatable bonds is 2. The SMILES string of the molecule is C[Si](C)(C)c1c(S)nnn1[Si](C)(C)C. The maximum Gasteiger partial charge on any atom is 0.178 e. The molecule has 3 nitrogen and oxygen atoms in total. The van der Waals surface area contributed by atoms with Crippen molar-refractivity contribution in [1.82, 2.24) is 14.7 Å². The molecule has 0 radical (unpaired) electrons. The Bertz CT molecular complexity index is 335. The maximum absolute atomic E-state index is 4.41. The maximum atomic E-state index is 4.41. The van der Waals surface area contributed by atoms with Gasteiger partial charge in [-0.1, -0.05) is 24.9 Å². The Labute approximate surface area is 93.4 Å². The van der Waals surface area contributed by atoms with E-state index in [9.17, 15) is 0 Å². The molecular formula is C8H19N3SSi2. The van der Waals surface area contributed by atoms with Crippen LogP contribution < -0.4 is 5.32 Å². The molecule has 0 fully saturated rings. The molecular weight excluding hydrogens is 226 g/mol. The summed E-state index contributed by atoms with van der Waals surface area (Å²) in [7, 11) is -2.82. The number of thiol groups is 1. The Hall–Kier alpha value is -0.0762. The first kappa shape index (κ1) is 12.0. The summed E-state index contributed by atoms with van der Waals surface area (Å²) in [6.45, 7) is 13.8. The smallest absolute Gasteiger partial charge is 0.178 e. The van der Waals surface area contributed by atoms with Gasteiger partial charge in [-0.3, -0.25) is 4.35 Å². The molecule has 0 spiro atoms. The van der Waals surface area contributed by atoms with Crippen molar-refractivity contribution in [2.45, 2.75) is 44.3 Å². The standard InChI is InChI=1S/C8H19N3SSi2/c1-13(2,3)8-7(12)9-10-11(8)14(4,5)6/h12H,1-6H3. The van der Waals surface area contributed by atoms with Crippen LogP contribution in [0.25, 0.3) is 0 Å². The molecule has 0 unspecified atom stereocenters. The zero-order chi connectivity index (χ0) is 11.1. The third-order valence-corrected chi connectivity index (χ3v) is 6.19. The summed E-state index contributed by atoms with van der Waals surface area (Å²) in [4.78, 5) is 0. The molecule has 0 saturated carbocycles. The van der Waals surface area contributed by atoms with E-state index >= 15 is 0 Å². The van der Waals surface area contributed by atoms with Crippen LogP contribution in [-0.4, -0.2) is 31.0 Å². The van der Waals surface area contributed by atoms with Crippen molar-refractivity contribution in [3.8, 4) is 0 Å². The first-order valence-corrected chi connectivity index (χ1v) is 12.2. The van der Waals surface area contributed by atoms with Gasteiger partial charge in [-0.2, -0.15) is 0 Å². The van der Waals surface area contributed by atoms with E-state index in [1.807, 2.05) is 0 Å². The van der Waals surface area contributed by atoms with Crippen molar-refractivity contribution in [3.05, 3.63) is 0 Å². The Balaban J connectivity index is 3.35. The summed E-state index contributed by atoms with van der Waals surface area (Å²) in [6.07, 6.45) is 0. The number of aromatic nitrogens is 3. The van der Waals surface area contributed by atoms with E-state index in [2.05, 4.69) is 66.6 Å². The highest BCUT2D eigenvalue weighted by Crippen LogP contribution is 2.12. The van der Waals surface area contributed by atoms with E-state index in [0.29, 0.717) is 0 Å². The molecule has 0 bridgehead atoms. The van der Waals surface area contributed by atoms with Crippen LogP contribution in [0.4, 0.5) is 0 Å². The second-order valence-electron chi connectivity index (χ2n) is 5.59. The van der Waals surface area contributed by atoms with Crippen LogP contribution in [0, 0.1) is 0 Å². The topological polar surface area (TPSA) is 30.7 Å². The Morgan fingerprint density at radius 1 is 1.07 bits per heavy atom. The molecule has 0 N–H and O–H groups in total. The molecule has 0 atom stereocenters. The van der Waals surface area contributed by atoms with Crippen molar-refractivity contribution < 1.29 is 0 Å². The van der Waals surface area contributed by atoms with Gasteiger partial charge in [0.1, 0.15) is 13.1 Å². The van der Waals surface area contributed by atoms with E-state index < -0.39 is 16.3 Å². The van der Waals surface area contributed by atoms with Gasteiger partial charge in [-0.15, -0.1) is 17.7 Å². The monoisotopic (exact) mass is 245 g/mol. The van der Waals surface area contributed by atoms with Gasteiger partial charge in [-0.05, 0) is 19.6 Å². The van der Waals surface area contributed by atoms with Gasteiger partial charge in [0, 0.05) is 5.32 Å². The van der Waals surface area contributed by atoms with Crippen molar-refractivity contribution >= 4 is 34.3 Å². The van der Waals surface area contributed by atoms with Gasteiger partial charge in [0.05, 0.1) is 0 Å². The lowest BCUT2D eigenvalue weighted by atomic mass is 10.9. The van der Waals surface area contributed by atoms with Crippen LogP contribution in [0.5, 0.6) is 0 Å². The lowest BCUT2D eigenvalue weighted by Crippen LogP contribution is -2.51. The summed E-state index contributed by atoms with van der Waals surface area (Å²) in [6, 6.07) is 0. The number of hydrogen-bond donors (Lipinski definition) is 1. The first-order valence-electron chi connectivity index (χ1n) is 4.79. The summed E-state index contributed by atoms with van der Waals surface area (Å²) >= 11 is 4.41. The highest BCUT2D eigenvalue weighted by Gasteiger charge is 2.31. The summed E-state index contributed by atoms with van der Waals surface area (Å²) in [5, 5.41) is 10.5. The van der Waals surface area contributed by atoms with E-state index in [1.54, 1.807) is 0 Å². The van der Waals surface area contributed by atoms with Crippen LogP contribution in [-0.2, 0) is 0 Å². The van der Waals surface area contributed by atoms with Crippen LogP contribution in [0.15, 0.2) is 5.03 Å². The Morgan fingerprint density at radius 2 is 1.57 bits per heavy atom. The van der Waals surface area contributed by atoms with E-state index in [4.69, 9.17) is 0 Å². The normalized spacial score (nSPS) is 13.4. The molecule has 0 amide bonds.